The summed E-state index contributed by atoms with van der Waals surface area (Å²) in [6.07, 6.45) is 2.65. The molecule has 0 unspecified atom stereocenters. The van der Waals surface area contributed by atoms with E-state index in [-0.39, 0.29) is 16.9 Å². The van der Waals surface area contributed by atoms with Gasteiger partial charge < -0.3 is 15.4 Å². The van der Waals surface area contributed by atoms with Crippen molar-refractivity contribution in [3.8, 4) is 5.88 Å². The molecule has 6 nitrogen and oxygen atoms in total. The minimum absolute atomic E-state index is 0.0499. The molecule has 1 heterocycles. The molecule has 2 rings (SSSR count). The molecule has 0 amide bonds. The van der Waals surface area contributed by atoms with Crippen molar-refractivity contribution in [2.45, 2.75) is 24.8 Å². The number of nitrogens with zero attached hydrogens (tertiary/aromatic N) is 1. The number of rotatable bonds is 8. The average Bonchev–Trinajstić information content (AvgIpc) is 2.58. The lowest BCUT2D eigenvalue weighted by atomic mass is 10.0. The highest BCUT2D eigenvalue weighted by molar-refractivity contribution is 7.90. The normalized spacial score (nSPS) is 12.7. The summed E-state index contributed by atoms with van der Waals surface area (Å²) in [6, 6.07) is 7.69. The number of anilines is 2. The molecule has 0 aliphatic carbocycles. The molecule has 0 radical (unpaired) electrons. The Balaban J connectivity index is 2.11. The first-order valence-electron chi connectivity index (χ1n) is 8.20. The number of aromatic nitrogens is 1. The molecule has 142 valence electrons. The summed E-state index contributed by atoms with van der Waals surface area (Å²) >= 11 is 0. The van der Waals surface area contributed by atoms with Gasteiger partial charge in [-0.25, -0.2) is 17.8 Å². The number of hydrogen-bond donors (Lipinski definition) is 2. The molecule has 1 aromatic carbocycles. The molecule has 26 heavy (non-hydrogen) atoms. The summed E-state index contributed by atoms with van der Waals surface area (Å²) in [5, 5.41) is 6.58. The monoisotopic (exact) mass is 381 g/mol. The Morgan fingerprint density at radius 2 is 1.92 bits per heavy atom. The van der Waals surface area contributed by atoms with E-state index in [0.29, 0.717) is 18.1 Å². The van der Waals surface area contributed by atoms with E-state index in [1.165, 1.54) is 12.1 Å². The average molecular weight is 381 g/mol. The van der Waals surface area contributed by atoms with E-state index < -0.39 is 15.7 Å². The van der Waals surface area contributed by atoms with E-state index in [0.717, 1.165) is 18.0 Å². The summed E-state index contributed by atoms with van der Waals surface area (Å²) in [7, 11) is -2.06. The molecule has 8 heteroatoms. The van der Waals surface area contributed by atoms with Gasteiger partial charge in [0.25, 0.3) is 0 Å². The van der Waals surface area contributed by atoms with Crippen LogP contribution in [0.15, 0.2) is 41.4 Å². The number of methoxy groups -OCH3 is 1. The molecule has 0 aliphatic heterocycles. The Bertz CT molecular complexity index is 857. The third kappa shape index (κ3) is 5.32. The third-order valence-electron chi connectivity index (χ3n) is 3.96. The summed E-state index contributed by atoms with van der Waals surface area (Å²) in [5.41, 5.74) is 1.42. The lowest BCUT2D eigenvalue weighted by Crippen LogP contribution is -2.33. The van der Waals surface area contributed by atoms with Gasteiger partial charge in [0, 0.05) is 42.5 Å². The van der Waals surface area contributed by atoms with Gasteiger partial charge in [-0.05, 0) is 30.2 Å². The van der Waals surface area contributed by atoms with Crippen molar-refractivity contribution in [1.29, 1.82) is 0 Å². The van der Waals surface area contributed by atoms with Crippen LogP contribution in [0.2, 0.25) is 0 Å². The van der Waals surface area contributed by atoms with Crippen LogP contribution in [0.25, 0.3) is 0 Å². The van der Waals surface area contributed by atoms with Crippen LogP contribution in [0.4, 0.5) is 15.8 Å². The van der Waals surface area contributed by atoms with Crippen LogP contribution >= 0.6 is 0 Å². The predicted octanol–water partition coefficient (Wildman–Crippen LogP) is 3.18. The topological polar surface area (TPSA) is 80.3 Å². The second-order valence-electron chi connectivity index (χ2n) is 6.38. The molecular weight excluding hydrogens is 357 g/mol. The van der Waals surface area contributed by atoms with Crippen LogP contribution in [0, 0.1) is 11.7 Å². The van der Waals surface area contributed by atoms with Crippen molar-refractivity contribution in [2.75, 3.05) is 30.5 Å². The van der Waals surface area contributed by atoms with Crippen LogP contribution in [-0.4, -0.2) is 39.4 Å². The molecule has 0 saturated heterocycles. The quantitative estimate of drug-likeness (QED) is 0.731. The zero-order chi connectivity index (χ0) is 19.3. The first-order valence-corrected chi connectivity index (χ1v) is 10.1. The maximum absolute atomic E-state index is 13.7. The van der Waals surface area contributed by atoms with E-state index in [1.807, 2.05) is 6.07 Å². The molecule has 0 fully saturated rings. The van der Waals surface area contributed by atoms with E-state index in [1.54, 1.807) is 19.4 Å². The first kappa shape index (κ1) is 20.0. The van der Waals surface area contributed by atoms with Crippen LogP contribution in [-0.2, 0) is 9.84 Å². The van der Waals surface area contributed by atoms with Gasteiger partial charge in [0.2, 0.25) is 5.88 Å². The Hall–Kier alpha value is -2.35. The Morgan fingerprint density at radius 3 is 2.54 bits per heavy atom. The number of sulfone groups is 1. The Labute approximate surface area is 153 Å². The number of benzene rings is 1. The number of nitrogens with one attached hydrogen (secondary N) is 2. The highest BCUT2D eigenvalue weighted by Crippen LogP contribution is 2.21. The van der Waals surface area contributed by atoms with Gasteiger partial charge in [0.1, 0.15) is 10.7 Å². The van der Waals surface area contributed by atoms with Gasteiger partial charge in [0.05, 0.1) is 7.11 Å². The minimum atomic E-state index is -3.62. The lowest BCUT2D eigenvalue weighted by molar-refractivity contribution is 0.398. The van der Waals surface area contributed by atoms with Crippen molar-refractivity contribution in [2.24, 2.45) is 5.92 Å². The smallest absolute Gasteiger partial charge is 0.214 e. The van der Waals surface area contributed by atoms with Gasteiger partial charge >= 0.3 is 0 Å². The van der Waals surface area contributed by atoms with Gasteiger partial charge in [-0.1, -0.05) is 13.8 Å². The van der Waals surface area contributed by atoms with E-state index in [9.17, 15) is 12.8 Å². The van der Waals surface area contributed by atoms with Crippen molar-refractivity contribution in [1.82, 2.24) is 4.98 Å². The third-order valence-corrected chi connectivity index (χ3v) is 5.07. The molecule has 0 aliphatic rings. The SMILES string of the molecule is COc1cc(N[C@@H](CNc2ccc(F)c(S(C)(=O)=O)c2)C(C)C)ccn1. The standard InChI is InChI=1S/C18H24FN3O3S/c1-12(2)16(22-14-7-8-20-18(10-14)25-3)11-21-13-5-6-15(19)17(9-13)26(4,23)24/h5-10,12,16,21H,11H2,1-4H3,(H,20,22)/t16-/m0/s1. The Morgan fingerprint density at radius 1 is 1.19 bits per heavy atom. The molecule has 2 aromatic rings. The van der Waals surface area contributed by atoms with Gasteiger partial charge in [-0.2, -0.15) is 0 Å². The largest absolute Gasteiger partial charge is 0.481 e. The maximum atomic E-state index is 13.7. The van der Waals surface area contributed by atoms with Crippen LogP contribution in [0.3, 0.4) is 0 Å². The minimum Gasteiger partial charge on any atom is -0.481 e. The fraction of sp³-hybridized carbons (Fsp3) is 0.389. The van der Waals surface area contributed by atoms with Crippen LogP contribution in [0.5, 0.6) is 5.88 Å². The van der Waals surface area contributed by atoms with Gasteiger partial charge in [0.15, 0.2) is 9.84 Å². The molecular formula is C18H24FN3O3S. The van der Waals surface area contributed by atoms with Gasteiger partial charge in [-0.3, -0.25) is 0 Å². The zero-order valence-corrected chi connectivity index (χ0v) is 16.1. The summed E-state index contributed by atoms with van der Waals surface area (Å²) in [6.45, 7) is 4.67. The molecule has 0 bridgehead atoms. The summed E-state index contributed by atoms with van der Waals surface area (Å²) in [4.78, 5) is 3.76. The molecule has 2 N–H and O–H groups in total. The first-order chi connectivity index (χ1) is 12.2. The highest BCUT2D eigenvalue weighted by Gasteiger charge is 2.16. The van der Waals surface area contributed by atoms with Crippen molar-refractivity contribution in [3.63, 3.8) is 0 Å². The highest BCUT2D eigenvalue weighted by atomic mass is 32.2. The zero-order valence-electron chi connectivity index (χ0n) is 15.3. The second kappa shape index (κ2) is 8.35. The van der Waals surface area contributed by atoms with Crippen molar-refractivity contribution < 1.29 is 17.5 Å². The fourth-order valence-electron chi connectivity index (χ4n) is 2.40. The van der Waals surface area contributed by atoms with E-state index in [4.69, 9.17) is 4.74 Å². The number of ether oxygens (including phenoxy) is 1. The molecule has 1 aromatic heterocycles. The van der Waals surface area contributed by atoms with E-state index in [2.05, 4.69) is 29.5 Å². The summed E-state index contributed by atoms with van der Waals surface area (Å²) < 4.78 is 42.1. The van der Waals surface area contributed by atoms with E-state index >= 15 is 0 Å². The lowest BCUT2D eigenvalue weighted by Gasteiger charge is -2.24. The predicted molar refractivity (Wildman–Crippen MR) is 101 cm³/mol. The van der Waals surface area contributed by atoms with Crippen LogP contribution in [0.1, 0.15) is 13.8 Å². The fourth-order valence-corrected chi connectivity index (χ4v) is 3.17. The number of pyridine rings is 1. The number of hydrogen-bond acceptors (Lipinski definition) is 6. The van der Waals surface area contributed by atoms with Crippen molar-refractivity contribution in [3.05, 3.63) is 42.3 Å². The molecule has 0 saturated carbocycles. The molecule has 0 spiro atoms. The maximum Gasteiger partial charge on any atom is 0.214 e. The van der Waals surface area contributed by atoms with Crippen LogP contribution < -0.4 is 15.4 Å². The number of halogens is 1. The van der Waals surface area contributed by atoms with Gasteiger partial charge in [-0.15, -0.1) is 0 Å². The second-order valence-corrected chi connectivity index (χ2v) is 8.36. The molecule has 1 atom stereocenters. The van der Waals surface area contributed by atoms with Crippen molar-refractivity contribution >= 4 is 21.2 Å². The summed E-state index contributed by atoms with van der Waals surface area (Å²) in [5.74, 6) is 0.0544. The Kier molecular flexibility index (Phi) is 6.42.